The zero-order valence-corrected chi connectivity index (χ0v) is 26.7. The number of hydrogen-bond acceptors (Lipinski definition) is 6. The van der Waals surface area contributed by atoms with Gasteiger partial charge in [-0.05, 0) is 86.7 Å². The summed E-state index contributed by atoms with van der Waals surface area (Å²) in [7, 11) is 3.18. The van der Waals surface area contributed by atoms with Gasteiger partial charge in [0.05, 0.1) is 19.8 Å². The van der Waals surface area contributed by atoms with E-state index in [0.29, 0.717) is 16.9 Å². The number of ketones is 1. The fourth-order valence-electron chi connectivity index (χ4n) is 4.22. The van der Waals surface area contributed by atoms with Crippen molar-refractivity contribution >= 4 is 23.8 Å². The van der Waals surface area contributed by atoms with Gasteiger partial charge in [-0.1, -0.05) is 66.3 Å². The van der Waals surface area contributed by atoms with E-state index >= 15 is 0 Å². The standard InChI is InChI=1S/C21H26O3.C16H14O5/c1-14(8-7-9-15(2)12-21(22)23)10-11-19-16(3)13-20(24-6)18(5)17(19)4;1-20-12-7-8-14(21-10-15(17)18)13(9-12)16(19)11-5-3-2-4-6-11/h7-13H,1-6H3,(H,22,23);2-9H,10H2,1H3,(H,17,18)/b9-7+,11-10+,14-8+,15-12+;. The van der Waals surface area contributed by atoms with E-state index in [1.807, 2.05) is 25.1 Å². The Bertz CT molecular complexity index is 1630. The first-order valence-corrected chi connectivity index (χ1v) is 14.1. The van der Waals surface area contributed by atoms with Gasteiger partial charge >= 0.3 is 11.9 Å². The highest BCUT2D eigenvalue weighted by Crippen LogP contribution is 2.29. The Morgan fingerprint density at radius 2 is 1.49 bits per heavy atom. The number of rotatable bonds is 12. The molecule has 0 unspecified atom stereocenters. The minimum atomic E-state index is -1.11. The number of benzene rings is 3. The quantitative estimate of drug-likeness (QED) is 0.122. The SMILES string of the molecule is COc1cc(C)c(/C=C/C(C)=C/C=C/C(C)=C/C(=O)O)c(C)c1C.COc1ccc(OCC(=O)O)c(C(=O)c2ccccc2)c1. The van der Waals surface area contributed by atoms with Gasteiger partial charge in [-0.3, -0.25) is 4.79 Å². The molecule has 0 saturated heterocycles. The molecule has 0 saturated carbocycles. The van der Waals surface area contributed by atoms with Crippen molar-refractivity contribution in [3.05, 3.63) is 130 Å². The number of aliphatic carboxylic acids is 2. The summed E-state index contributed by atoms with van der Waals surface area (Å²) >= 11 is 0. The fourth-order valence-corrected chi connectivity index (χ4v) is 4.22. The Balaban J connectivity index is 0.000000316. The summed E-state index contributed by atoms with van der Waals surface area (Å²) in [6.07, 6.45) is 10.9. The molecular formula is C37H40O8. The van der Waals surface area contributed by atoms with Crippen molar-refractivity contribution in [2.24, 2.45) is 0 Å². The van der Waals surface area contributed by atoms with Crippen molar-refractivity contribution in [3.8, 4) is 17.2 Å². The molecule has 0 radical (unpaired) electrons. The van der Waals surface area contributed by atoms with Crippen molar-refractivity contribution in [2.75, 3.05) is 20.8 Å². The van der Waals surface area contributed by atoms with Crippen LogP contribution in [0.15, 0.2) is 96.1 Å². The molecule has 8 nitrogen and oxygen atoms in total. The van der Waals surface area contributed by atoms with Crippen LogP contribution in [0.5, 0.6) is 17.2 Å². The smallest absolute Gasteiger partial charge is 0.341 e. The second-order valence-electron chi connectivity index (χ2n) is 10.1. The maximum Gasteiger partial charge on any atom is 0.341 e. The van der Waals surface area contributed by atoms with Gasteiger partial charge in [0.1, 0.15) is 17.2 Å². The summed E-state index contributed by atoms with van der Waals surface area (Å²) in [6.45, 7) is 9.50. The zero-order chi connectivity index (χ0) is 33.5. The third-order valence-corrected chi connectivity index (χ3v) is 6.73. The topological polar surface area (TPSA) is 119 Å². The third kappa shape index (κ3) is 11.3. The van der Waals surface area contributed by atoms with E-state index in [0.717, 1.165) is 16.9 Å². The molecule has 0 aliphatic carbocycles. The van der Waals surface area contributed by atoms with Crippen LogP contribution in [0, 0.1) is 20.8 Å². The van der Waals surface area contributed by atoms with Crippen LogP contribution >= 0.6 is 0 Å². The molecule has 0 aliphatic heterocycles. The highest BCUT2D eigenvalue weighted by molar-refractivity contribution is 6.11. The monoisotopic (exact) mass is 612 g/mol. The van der Waals surface area contributed by atoms with Gasteiger partial charge in [0.25, 0.3) is 0 Å². The second-order valence-corrected chi connectivity index (χ2v) is 10.1. The van der Waals surface area contributed by atoms with E-state index in [1.165, 1.54) is 42.0 Å². The van der Waals surface area contributed by atoms with Gasteiger partial charge in [-0.2, -0.15) is 0 Å². The Morgan fingerprint density at radius 1 is 0.800 bits per heavy atom. The van der Waals surface area contributed by atoms with Crippen LogP contribution in [0.3, 0.4) is 0 Å². The number of ether oxygens (including phenoxy) is 3. The van der Waals surface area contributed by atoms with E-state index in [-0.39, 0.29) is 17.1 Å². The van der Waals surface area contributed by atoms with Crippen molar-refractivity contribution < 1.29 is 38.8 Å². The number of carboxylic acid groups (broad SMARTS) is 2. The summed E-state index contributed by atoms with van der Waals surface area (Å²) in [5.41, 5.74) is 7.29. The predicted octanol–water partition coefficient (Wildman–Crippen LogP) is 7.56. The van der Waals surface area contributed by atoms with Crippen LogP contribution < -0.4 is 14.2 Å². The maximum absolute atomic E-state index is 12.5. The summed E-state index contributed by atoms with van der Waals surface area (Å²) in [4.78, 5) is 33.7. The number of allylic oxidation sites excluding steroid dienone is 6. The van der Waals surface area contributed by atoms with Crippen LogP contribution in [0.25, 0.3) is 6.08 Å². The molecule has 0 aromatic heterocycles. The van der Waals surface area contributed by atoms with E-state index in [2.05, 4.69) is 39.0 Å². The van der Waals surface area contributed by atoms with E-state index in [1.54, 1.807) is 50.4 Å². The number of hydrogen-bond donors (Lipinski definition) is 2. The van der Waals surface area contributed by atoms with Crippen LogP contribution in [-0.2, 0) is 9.59 Å². The van der Waals surface area contributed by atoms with Crippen LogP contribution in [0.2, 0.25) is 0 Å². The summed E-state index contributed by atoms with van der Waals surface area (Å²) < 4.78 is 15.7. The van der Waals surface area contributed by atoms with Gasteiger partial charge in [-0.25, -0.2) is 9.59 Å². The van der Waals surface area contributed by atoms with Gasteiger partial charge < -0.3 is 24.4 Å². The number of aryl methyl sites for hydroxylation is 1. The fraction of sp³-hybridized carbons (Fsp3) is 0.216. The third-order valence-electron chi connectivity index (χ3n) is 6.73. The minimum Gasteiger partial charge on any atom is -0.497 e. The molecular weight excluding hydrogens is 572 g/mol. The number of carbonyl (C=O) groups is 3. The predicted molar refractivity (Wildman–Crippen MR) is 177 cm³/mol. The lowest BCUT2D eigenvalue weighted by Crippen LogP contribution is -2.12. The summed E-state index contributed by atoms with van der Waals surface area (Å²) in [5, 5.41) is 17.4. The highest BCUT2D eigenvalue weighted by Gasteiger charge is 2.17. The average Bonchev–Trinajstić information content (AvgIpc) is 3.01. The Kier molecular flexibility index (Phi) is 14.1. The minimum absolute atomic E-state index is 0.215. The highest BCUT2D eigenvalue weighted by atomic mass is 16.5. The van der Waals surface area contributed by atoms with Gasteiger partial charge in [-0.15, -0.1) is 0 Å². The number of carboxylic acids is 2. The molecule has 0 aliphatic rings. The first-order valence-electron chi connectivity index (χ1n) is 14.1. The Hall–Kier alpha value is -5.37. The molecule has 8 heteroatoms. The molecule has 3 rings (SSSR count). The molecule has 0 bridgehead atoms. The summed E-state index contributed by atoms with van der Waals surface area (Å²) in [6, 6.07) is 15.4. The van der Waals surface area contributed by atoms with Crippen molar-refractivity contribution in [2.45, 2.75) is 34.6 Å². The first-order chi connectivity index (χ1) is 21.4. The zero-order valence-electron chi connectivity index (χ0n) is 26.7. The Morgan fingerprint density at radius 3 is 2.09 bits per heavy atom. The number of carbonyl (C=O) groups excluding carboxylic acids is 1. The van der Waals surface area contributed by atoms with E-state index < -0.39 is 18.5 Å². The van der Waals surface area contributed by atoms with E-state index in [4.69, 9.17) is 24.4 Å². The lowest BCUT2D eigenvalue weighted by molar-refractivity contribution is -0.139. The average molecular weight is 613 g/mol. The van der Waals surface area contributed by atoms with Gasteiger partial charge in [0.15, 0.2) is 12.4 Å². The molecule has 3 aromatic carbocycles. The van der Waals surface area contributed by atoms with E-state index in [9.17, 15) is 14.4 Å². The van der Waals surface area contributed by atoms with Gasteiger partial charge in [0.2, 0.25) is 0 Å². The van der Waals surface area contributed by atoms with Crippen molar-refractivity contribution in [1.82, 2.24) is 0 Å². The number of methoxy groups -OCH3 is 2. The molecule has 45 heavy (non-hydrogen) atoms. The van der Waals surface area contributed by atoms with Crippen LogP contribution in [0.1, 0.15) is 52.0 Å². The second kappa shape index (κ2) is 17.7. The van der Waals surface area contributed by atoms with Crippen LogP contribution in [0.4, 0.5) is 0 Å². The molecule has 3 aromatic rings. The van der Waals surface area contributed by atoms with Crippen molar-refractivity contribution in [3.63, 3.8) is 0 Å². The molecule has 0 amide bonds. The lowest BCUT2D eigenvalue weighted by Gasteiger charge is -2.13. The lowest BCUT2D eigenvalue weighted by atomic mass is 9.96. The molecule has 0 atom stereocenters. The normalized spacial score (nSPS) is 11.6. The van der Waals surface area contributed by atoms with Crippen LogP contribution in [-0.4, -0.2) is 48.8 Å². The van der Waals surface area contributed by atoms with Crippen molar-refractivity contribution in [1.29, 1.82) is 0 Å². The Labute approximate surface area is 264 Å². The molecule has 2 N–H and O–H groups in total. The summed E-state index contributed by atoms with van der Waals surface area (Å²) in [5.74, 6) is -0.667. The maximum atomic E-state index is 12.5. The molecule has 0 heterocycles. The van der Waals surface area contributed by atoms with Gasteiger partial charge in [0, 0.05) is 11.6 Å². The largest absolute Gasteiger partial charge is 0.497 e. The first kappa shape index (κ1) is 35.8. The molecule has 0 spiro atoms. The molecule has 0 fully saturated rings. The molecule has 236 valence electrons.